The molecule has 0 unspecified atom stereocenters. The molecule has 0 N–H and O–H groups in total. The van der Waals surface area contributed by atoms with Gasteiger partial charge in [0.05, 0.1) is 10.6 Å². The van der Waals surface area contributed by atoms with E-state index in [1.54, 1.807) is 0 Å². The first-order valence-corrected chi connectivity index (χ1v) is 8.41. The highest BCUT2D eigenvalue weighted by molar-refractivity contribution is 6.33. The van der Waals surface area contributed by atoms with Crippen molar-refractivity contribution < 1.29 is 4.79 Å². The van der Waals surface area contributed by atoms with Crippen LogP contribution in [0.1, 0.15) is 49.5 Å². The van der Waals surface area contributed by atoms with Gasteiger partial charge in [-0.1, -0.05) is 38.4 Å². The maximum atomic E-state index is 12.8. The Morgan fingerprint density at radius 2 is 1.91 bits per heavy atom. The van der Waals surface area contributed by atoms with E-state index in [9.17, 15) is 4.79 Å². The lowest BCUT2D eigenvalue weighted by atomic mass is 9.86. The van der Waals surface area contributed by atoms with Gasteiger partial charge in [-0.3, -0.25) is 9.69 Å². The molecule has 3 nitrogen and oxygen atoms in total. The van der Waals surface area contributed by atoms with Gasteiger partial charge in [-0.15, -0.1) is 0 Å². The standard InChI is InChI=1S/C18H25ClN2O/c1-17(2,3)13-5-6-14(15(19)11-13)16(22)21-10-9-20(4)18(12-21)7-8-18/h5-6,11H,7-10,12H2,1-4H3. The Kier molecular flexibility index (Phi) is 3.77. The number of carbonyl (C=O) groups excluding carboxylic acids is 1. The third kappa shape index (κ3) is 2.77. The first-order chi connectivity index (χ1) is 10.2. The summed E-state index contributed by atoms with van der Waals surface area (Å²) in [5.74, 6) is 0.0739. The van der Waals surface area contributed by atoms with Crippen molar-refractivity contribution in [1.82, 2.24) is 9.80 Å². The van der Waals surface area contributed by atoms with Crippen molar-refractivity contribution in [1.29, 1.82) is 0 Å². The predicted octanol–water partition coefficient (Wildman–Crippen LogP) is 3.56. The number of hydrogen-bond donors (Lipinski definition) is 0. The Morgan fingerprint density at radius 1 is 1.23 bits per heavy atom. The van der Waals surface area contributed by atoms with E-state index in [1.807, 2.05) is 23.1 Å². The number of amides is 1. The molecule has 22 heavy (non-hydrogen) atoms. The van der Waals surface area contributed by atoms with Crippen LogP contribution < -0.4 is 0 Å². The van der Waals surface area contributed by atoms with Crippen LogP contribution in [-0.2, 0) is 5.41 Å². The van der Waals surface area contributed by atoms with E-state index in [2.05, 4.69) is 32.7 Å². The van der Waals surface area contributed by atoms with Gasteiger partial charge in [-0.25, -0.2) is 0 Å². The number of carbonyl (C=O) groups is 1. The number of likely N-dealkylation sites (N-methyl/N-ethyl adjacent to an activating group) is 1. The number of nitrogens with zero attached hydrogens (tertiary/aromatic N) is 2. The molecule has 1 amide bonds. The molecule has 1 spiro atoms. The van der Waals surface area contributed by atoms with Gasteiger partial charge in [0.2, 0.25) is 0 Å². The van der Waals surface area contributed by atoms with Gasteiger partial charge in [0.15, 0.2) is 0 Å². The highest BCUT2D eigenvalue weighted by Crippen LogP contribution is 2.43. The summed E-state index contributed by atoms with van der Waals surface area (Å²) < 4.78 is 0. The molecule has 1 aromatic carbocycles. The average Bonchev–Trinajstić information content (AvgIpc) is 3.21. The Balaban J connectivity index is 1.81. The summed E-state index contributed by atoms with van der Waals surface area (Å²) in [4.78, 5) is 17.2. The van der Waals surface area contributed by atoms with Crippen LogP contribution >= 0.6 is 11.6 Å². The normalized spacial score (nSPS) is 21.2. The zero-order chi connectivity index (χ0) is 16.1. The number of rotatable bonds is 1. The second-order valence-electron chi connectivity index (χ2n) is 7.82. The monoisotopic (exact) mass is 320 g/mol. The average molecular weight is 321 g/mol. The molecule has 1 aliphatic heterocycles. The number of hydrogen-bond acceptors (Lipinski definition) is 2. The van der Waals surface area contributed by atoms with Gasteiger partial charge in [-0.2, -0.15) is 0 Å². The van der Waals surface area contributed by atoms with Gasteiger partial charge in [0, 0.05) is 25.2 Å². The zero-order valence-electron chi connectivity index (χ0n) is 13.9. The van der Waals surface area contributed by atoms with Gasteiger partial charge in [-0.05, 0) is 43.0 Å². The lowest BCUT2D eigenvalue weighted by molar-refractivity contribution is 0.0497. The van der Waals surface area contributed by atoms with Crippen LogP contribution in [0.3, 0.4) is 0 Å². The highest BCUT2D eigenvalue weighted by atomic mass is 35.5. The second-order valence-corrected chi connectivity index (χ2v) is 8.22. The van der Waals surface area contributed by atoms with E-state index < -0.39 is 0 Å². The molecular formula is C18H25ClN2O. The molecular weight excluding hydrogens is 296 g/mol. The summed E-state index contributed by atoms with van der Waals surface area (Å²) in [6.07, 6.45) is 2.40. The third-order valence-electron chi connectivity index (χ3n) is 5.18. The van der Waals surface area contributed by atoms with Crippen molar-refractivity contribution in [2.24, 2.45) is 0 Å². The van der Waals surface area contributed by atoms with Crippen molar-refractivity contribution >= 4 is 17.5 Å². The molecule has 1 saturated heterocycles. The van der Waals surface area contributed by atoms with Gasteiger partial charge < -0.3 is 4.90 Å². The Hall–Kier alpha value is -1.06. The van der Waals surface area contributed by atoms with Crippen LogP contribution in [0.25, 0.3) is 0 Å². The van der Waals surface area contributed by atoms with Crippen molar-refractivity contribution in [2.45, 2.75) is 44.6 Å². The van der Waals surface area contributed by atoms with Crippen LogP contribution in [0.5, 0.6) is 0 Å². The molecule has 1 aliphatic carbocycles. The number of piperazine rings is 1. The summed E-state index contributed by atoms with van der Waals surface area (Å²) in [5.41, 5.74) is 2.07. The Morgan fingerprint density at radius 3 is 2.45 bits per heavy atom. The Bertz CT molecular complexity index is 602. The minimum Gasteiger partial charge on any atom is -0.335 e. The quantitative estimate of drug-likeness (QED) is 0.790. The molecule has 0 radical (unpaired) electrons. The predicted molar refractivity (Wildman–Crippen MR) is 90.7 cm³/mol. The molecule has 0 aromatic heterocycles. The van der Waals surface area contributed by atoms with Gasteiger partial charge in [0.1, 0.15) is 0 Å². The van der Waals surface area contributed by atoms with Crippen LogP contribution in [0, 0.1) is 0 Å². The van der Waals surface area contributed by atoms with Gasteiger partial charge >= 0.3 is 0 Å². The fourth-order valence-corrected chi connectivity index (χ4v) is 3.51. The molecule has 2 aliphatic rings. The minimum atomic E-state index is 0.0388. The summed E-state index contributed by atoms with van der Waals surface area (Å²) in [5, 5.41) is 0.571. The molecule has 120 valence electrons. The van der Waals surface area contributed by atoms with Crippen molar-refractivity contribution in [2.75, 3.05) is 26.7 Å². The molecule has 0 bridgehead atoms. The summed E-state index contributed by atoms with van der Waals surface area (Å²) >= 11 is 6.41. The van der Waals surface area contributed by atoms with E-state index in [4.69, 9.17) is 11.6 Å². The molecule has 0 atom stereocenters. The van der Waals surface area contributed by atoms with E-state index in [0.29, 0.717) is 10.6 Å². The maximum absolute atomic E-state index is 12.8. The molecule has 4 heteroatoms. The fourth-order valence-electron chi connectivity index (χ4n) is 3.25. The SMILES string of the molecule is CN1CCN(C(=O)c2ccc(C(C)(C)C)cc2Cl)CC12CC2. The van der Waals surface area contributed by atoms with Crippen LogP contribution in [0.4, 0.5) is 0 Å². The smallest absolute Gasteiger partial charge is 0.255 e. The van der Waals surface area contributed by atoms with E-state index in [1.165, 1.54) is 12.8 Å². The lowest BCUT2D eigenvalue weighted by Crippen LogP contribution is -2.54. The van der Waals surface area contributed by atoms with Crippen molar-refractivity contribution in [3.05, 3.63) is 34.3 Å². The van der Waals surface area contributed by atoms with E-state index >= 15 is 0 Å². The largest absolute Gasteiger partial charge is 0.335 e. The molecule has 1 heterocycles. The summed E-state index contributed by atoms with van der Waals surface area (Å²) in [6.45, 7) is 9.02. The van der Waals surface area contributed by atoms with Crippen LogP contribution in [0.2, 0.25) is 5.02 Å². The lowest BCUT2D eigenvalue weighted by Gasteiger charge is -2.40. The first-order valence-electron chi connectivity index (χ1n) is 8.03. The zero-order valence-corrected chi connectivity index (χ0v) is 14.7. The minimum absolute atomic E-state index is 0.0388. The first kappa shape index (κ1) is 15.8. The van der Waals surface area contributed by atoms with Crippen molar-refractivity contribution in [3.8, 4) is 0 Å². The maximum Gasteiger partial charge on any atom is 0.255 e. The third-order valence-corrected chi connectivity index (χ3v) is 5.49. The molecule has 2 fully saturated rings. The molecule has 3 rings (SSSR count). The Labute approximate surface area is 138 Å². The van der Waals surface area contributed by atoms with E-state index in [0.717, 1.165) is 25.2 Å². The number of benzene rings is 1. The number of halogens is 1. The summed E-state index contributed by atoms with van der Waals surface area (Å²) in [7, 11) is 2.17. The highest BCUT2D eigenvalue weighted by Gasteiger charge is 2.50. The fraction of sp³-hybridized carbons (Fsp3) is 0.611. The molecule has 1 aromatic rings. The second kappa shape index (κ2) is 5.24. The van der Waals surface area contributed by atoms with Gasteiger partial charge in [0.25, 0.3) is 5.91 Å². The van der Waals surface area contributed by atoms with Crippen molar-refractivity contribution in [3.63, 3.8) is 0 Å². The van der Waals surface area contributed by atoms with Crippen LogP contribution in [0.15, 0.2) is 18.2 Å². The van der Waals surface area contributed by atoms with Crippen LogP contribution in [-0.4, -0.2) is 47.9 Å². The van der Waals surface area contributed by atoms with E-state index in [-0.39, 0.29) is 16.9 Å². The summed E-state index contributed by atoms with van der Waals surface area (Å²) in [6, 6.07) is 5.86. The molecule has 1 saturated carbocycles. The topological polar surface area (TPSA) is 23.6 Å².